The number of aromatic nitrogens is 2. The Balaban J connectivity index is 1.39. The number of aromatic amines is 1. The number of urea groups is 1. The van der Waals surface area contributed by atoms with Gasteiger partial charge in [0.1, 0.15) is 0 Å². The van der Waals surface area contributed by atoms with Crippen LogP contribution in [0.15, 0.2) is 54.7 Å². The molecule has 31 heavy (non-hydrogen) atoms. The molecule has 8 heteroatoms. The zero-order chi connectivity index (χ0) is 21.6. The summed E-state index contributed by atoms with van der Waals surface area (Å²) in [7, 11) is 0. The van der Waals surface area contributed by atoms with Crippen LogP contribution in [0.3, 0.4) is 0 Å². The zero-order valence-electron chi connectivity index (χ0n) is 17.0. The predicted molar refractivity (Wildman–Crippen MR) is 122 cm³/mol. The van der Waals surface area contributed by atoms with Crippen molar-refractivity contribution in [3.8, 4) is 11.3 Å². The third-order valence-corrected chi connectivity index (χ3v) is 5.56. The maximum Gasteiger partial charge on any atom is 0.321 e. The van der Waals surface area contributed by atoms with Gasteiger partial charge in [0.05, 0.1) is 17.5 Å². The molecule has 0 radical (unpaired) electrons. The quantitative estimate of drug-likeness (QED) is 0.511. The van der Waals surface area contributed by atoms with Gasteiger partial charge in [0.2, 0.25) is 0 Å². The van der Waals surface area contributed by atoms with Crippen LogP contribution < -0.4 is 10.6 Å². The van der Waals surface area contributed by atoms with Crippen molar-refractivity contribution in [3.63, 3.8) is 0 Å². The van der Waals surface area contributed by atoms with Crippen LogP contribution in [0.5, 0.6) is 0 Å². The Bertz CT molecular complexity index is 1040. The van der Waals surface area contributed by atoms with E-state index < -0.39 is 0 Å². The average Bonchev–Trinajstić information content (AvgIpc) is 3.10. The van der Waals surface area contributed by atoms with Gasteiger partial charge in [-0.25, -0.2) is 4.79 Å². The molecule has 7 nitrogen and oxygen atoms in total. The van der Waals surface area contributed by atoms with Gasteiger partial charge in [0.15, 0.2) is 0 Å². The molecule has 1 fully saturated rings. The second-order valence-electron chi connectivity index (χ2n) is 7.53. The molecule has 0 unspecified atom stereocenters. The molecule has 1 aliphatic rings. The van der Waals surface area contributed by atoms with Crippen LogP contribution in [-0.2, 0) is 0 Å². The van der Waals surface area contributed by atoms with Gasteiger partial charge in [0.25, 0.3) is 5.91 Å². The number of likely N-dealkylation sites (tertiary alicyclic amines) is 1. The lowest BCUT2D eigenvalue weighted by Gasteiger charge is -2.20. The van der Waals surface area contributed by atoms with Gasteiger partial charge < -0.3 is 15.5 Å². The van der Waals surface area contributed by atoms with E-state index in [0.717, 1.165) is 31.5 Å². The van der Waals surface area contributed by atoms with E-state index in [-0.39, 0.29) is 11.9 Å². The van der Waals surface area contributed by atoms with E-state index in [4.69, 9.17) is 11.6 Å². The number of rotatable bonds is 4. The lowest BCUT2D eigenvalue weighted by Crippen LogP contribution is -2.35. The first kappa shape index (κ1) is 20.9. The van der Waals surface area contributed by atoms with E-state index in [0.29, 0.717) is 27.7 Å². The molecule has 4 rings (SSSR count). The summed E-state index contributed by atoms with van der Waals surface area (Å²) in [6.45, 7) is 1.58. The smallest absolute Gasteiger partial charge is 0.321 e. The minimum absolute atomic E-state index is 0.0790. The number of nitrogens with zero attached hydrogens (tertiary/aromatic N) is 2. The molecule has 2 heterocycles. The van der Waals surface area contributed by atoms with Crippen LogP contribution in [0.1, 0.15) is 36.0 Å². The average molecular weight is 438 g/mol. The van der Waals surface area contributed by atoms with Crippen molar-refractivity contribution in [2.24, 2.45) is 0 Å². The molecule has 3 aromatic rings. The van der Waals surface area contributed by atoms with Gasteiger partial charge >= 0.3 is 6.03 Å². The van der Waals surface area contributed by atoms with Crippen LogP contribution in [0, 0.1) is 0 Å². The predicted octanol–water partition coefficient (Wildman–Crippen LogP) is 5.39. The zero-order valence-corrected chi connectivity index (χ0v) is 17.8. The molecule has 1 aromatic heterocycles. The number of benzene rings is 2. The molecule has 2 aromatic carbocycles. The molecular formula is C23H24ClN5O2. The van der Waals surface area contributed by atoms with Crippen LogP contribution in [-0.4, -0.2) is 40.1 Å². The van der Waals surface area contributed by atoms with Crippen molar-refractivity contribution in [2.45, 2.75) is 25.7 Å². The first-order valence-corrected chi connectivity index (χ1v) is 10.7. The normalized spacial score (nSPS) is 14.0. The van der Waals surface area contributed by atoms with Crippen LogP contribution >= 0.6 is 11.6 Å². The molecule has 1 aliphatic heterocycles. The highest BCUT2D eigenvalue weighted by atomic mass is 35.5. The van der Waals surface area contributed by atoms with Gasteiger partial charge in [-0.15, -0.1) is 0 Å². The first-order valence-electron chi connectivity index (χ1n) is 10.4. The summed E-state index contributed by atoms with van der Waals surface area (Å²) in [5.41, 5.74) is 3.19. The number of amides is 3. The number of H-pyrrole nitrogens is 1. The van der Waals surface area contributed by atoms with Crippen LogP contribution in [0.25, 0.3) is 11.3 Å². The monoisotopic (exact) mass is 437 g/mol. The van der Waals surface area contributed by atoms with E-state index in [1.165, 1.54) is 19.0 Å². The third-order valence-electron chi connectivity index (χ3n) is 5.30. The highest BCUT2D eigenvalue weighted by Gasteiger charge is 2.17. The standard InChI is InChI=1S/C23H24ClN5O2/c24-17-7-5-16(6-8-17)21-20(15-25-28-21)22(30)26-18-9-11-19(12-10-18)27-23(31)29-13-3-1-2-4-14-29/h5-12,15H,1-4,13-14H2,(H,25,28)(H,26,30)(H,27,31). The van der Waals surface area contributed by atoms with Gasteiger partial charge in [-0.05, 0) is 49.2 Å². The summed E-state index contributed by atoms with van der Waals surface area (Å²) in [4.78, 5) is 27.1. The van der Waals surface area contributed by atoms with E-state index in [2.05, 4.69) is 20.8 Å². The highest BCUT2D eigenvalue weighted by molar-refractivity contribution is 6.30. The number of hydrogen-bond donors (Lipinski definition) is 3. The molecule has 3 amide bonds. The van der Waals surface area contributed by atoms with E-state index in [1.807, 2.05) is 17.0 Å². The fourth-order valence-electron chi connectivity index (χ4n) is 3.61. The fraction of sp³-hybridized carbons (Fsp3) is 0.261. The maximum atomic E-state index is 12.8. The first-order chi connectivity index (χ1) is 15.1. The molecule has 1 saturated heterocycles. The van der Waals surface area contributed by atoms with Crippen LogP contribution in [0.2, 0.25) is 5.02 Å². The maximum absolute atomic E-state index is 12.8. The molecule has 0 spiro atoms. The van der Waals surface area contributed by atoms with Gasteiger partial charge in [-0.3, -0.25) is 9.89 Å². The lowest BCUT2D eigenvalue weighted by atomic mass is 10.1. The Morgan fingerprint density at radius 3 is 2.13 bits per heavy atom. The van der Waals surface area contributed by atoms with Crippen molar-refractivity contribution >= 4 is 34.9 Å². The topological polar surface area (TPSA) is 90.1 Å². The van der Waals surface area contributed by atoms with Crippen molar-refractivity contribution in [1.82, 2.24) is 15.1 Å². The Hall–Kier alpha value is -3.32. The summed E-state index contributed by atoms with van der Waals surface area (Å²) in [5.74, 6) is -0.278. The van der Waals surface area contributed by atoms with Crippen LogP contribution in [0.4, 0.5) is 16.2 Å². The number of hydrogen-bond acceptors (Lipinski definition) is 3. The molecule has 0 atom stereocenters. The number of anilines is 2. The second kappa shape index (κ2) is 9.66. The molecule has 160 valence electrons. The number of carbonyl (C=O) groups is 2. The summed E-state index contributed by atoms with van der Waals surface area (Å²) in [6.07, 6.45) is 5.94. The fourth-order valence-corrected chi connectivity index (χ4v) is 3.73. The summed E-state index contributed by atoms with van der Waals surface area (Å²) < 4.78 is 0. The Morgan fingerprint density at radius 2 is 1.48 bits per heavy atom. The molecule has 0 bridgehead atoms. The Kier molecular flexibility index (Phi) is 6.52. The van der Waals surface area contributed by atoms with Gasteiger partial charge in [-0.2, -0.15) is 5.10 Å². The van der Waals surface area contributed by atoms with Crippen molar-refractivity contribution in [2.75, 3.05) is 23.7 Å². The SMILES string of the molecule is O=C(Nc1ccc(NC(=O)N2CCCCCC2)cc1)c1cn[nH]c1-c1ccc(Cl)cc1. The summed E-state index contributed by atoms with van der Waals surface area (Å²) >= 11 is 5.94. The number of carbonyl (C=O) groups excluding carboxylic acids is 2. The number of halogens is 1. The van der Waals surface area contributed by atoms with E-state index in [1.54, 1.807) is 36.4 Å². The van der Waals surface area contributed by atoms with E-state index in [9.17, 15) is 9.59 Å². The largest absolute Gasteiger partial charge is 0.325 e. The Morgan fingerprint density at radius 1 is 0.871 bits per heavy atom. The molecule has 3 N–H and O–H groups in total. The van der Waals surface area contributed by atoms with Crippen molar-refractivity contribution in [3.05, 3.63) is 65.3 Å². The molecule has 0 saturated carbocycles. The van der Waals surface area contributed by atoms with E-state index >= 15 is 0 Å². The molecule has 0 aliphatic carbocycles. The van der Waals surface area contributed by atoms with Crippen molar-refractivity contribution < 1.29 is 9.59 Å². The highest BCUT2D eigenvalue weighted by Crippen LogP contribution is 2.24. The third kappa shape index (κ3) is 5.24. The second-order valence-corrected chi connectivity index (χ2v) is 7.96. The Labute approximate surface area is 185 Å². The molecular weight excluding hydrogens is 414 g/mol. The lowest BCUT2D eigenvalue weighted by molar-refractivity contribution is 0.102. The minimum Gasteiger partial charge on any atom is -0.325 e. The van der Waals surface area contributed by atoms with Gasteiger partial charge in [0, 0.05) is 35.1 Å². The summed E-state index contributed by atoms with van der Waals surface area (Å²) in [6, 6.07) is 14.2. The minimum atomic E-state index is -0.278. The van der Waals surface area contributed by atoms with Gasteiger partial charge in [-0.1, -0.05) is 36.6 Å². The number of nitrogens with one attached hydrogen (secondary N) is 3. The van der Waals surface area contributed by atoms with Crippen molar-refractivity contribution in [1.29, 1.82) is 0 Å². The summed E-state index contributed by atoms with van der Waals surface area (Å²) in [5, 5.41) is 13.3.